The minimum absolute atomic E-state index is 0.0743. The van der Waals surface area contributed by atoms with E-state index in [1.54, 1.807) is 0 Å². The van der Waals surface area contributed by atoms with E-state index in [4.69, 9.17) is 19.7 Å². The number of benzene rings is 5. The summed E-state index contributed by atoms with van der Waals surface area (Å²) in [5.74, 6) is 2.80. The second kappa shape index (κ2) is 10.1. The lowest BCUT2D eigenvalue weighted by molar-refractivity contribution is 0.225. The molecule has 3 heterocycles. The van der Waals surface area contributed by atoms with Crippen LogP contribution in [0.1, 0.15) is 34.4 Å². The summed E-state index contributed by atoms with van der Waals surface area (Å²) < 4.78 is 9.41. The van der Waals surface area contributed by atoms with E-state index in [2.05, 4.69) is 90.4 Å². The van der Waals surface area contributed by atoms with Crippen LogP contribution in [0.15, 0.2) is 133 Å². The Balaban J connectivity index is 1.23. The summed E-state index contributed by atoms with van der Waals surface area (Å²) in [5.41, 5.74) is 9.76. The lowest BCUT2D eigenvalue weighted by Gasteiger charge is -2.22. The second-order valence-corrected chi connectivity index (χ2v) is 11.7. The molecule has 0 radical (unpaired) electrons. The van der Waals surface area contributed by atoms with Gasteiger partial charge in [-0.05, 0) is 42.8 Å². The summed E-state index contributed by atoms with van der Waals surface area (Å²) in [7, 11) is 0. The largest absolute Gasteiger partial charge is 0.484 e. The Morgan fingerprint density at radius 2 is 1.24 bits per heavy atom. The van der Waals surface area contributed by atoms with Crippen LogP contribution < -0.4 is 4.74 Å². The van der Waals surface area contributed by atoms with Crippen LogP contribution in [0, 0.1) is 6.92 Å². The summed E-state index contributed by atoms with van der Waals surface area (Å²) in [4.78, 5) is 15.0. The average molecular weight is 581 g/mol. The van der Waals surface area contributed by atoms with Crippen LogP contribution in [0.4, 0.5) is 0 Å². The van der Waals surface area contributed by atoms with Crippen molar-refractivity contribution in [1.82, 2.24) is 19.5 Å². The molecule has 1 aliphatic carbocycles. The minimum atomic E-state index is -0.167. The highest BCUT2D eigenvalue weighted by atomic mass is 16.5. The van der Waals surface area contributed by atoms with Crippen LogP contribution in [-0.2, 0) is 0 Å². The van der Waals surface area contributed by atoms with Crippen molar-refractivity contribution >= 4 is 17.0 Å². The first-order valence-corrected chi connectivity index (χ1v) is 15.3. The standard InChI is InChI=1S/C40H28N4O/c1-25-23-31-29-21-22-34-35(30-19-11-12-20-33(30)44(34)28-17-9-4-10-18-28)37(29)45-36(31)32(24-25)40-42-38(26-13-5-2-6-14-26)41-39(43-40)27-15-7-3-8-16-27/h2-24,29,37H,1H3. The molecular weight excluding hydrogens is 552 g/mol. The Morgan fingerprint density at radius 3 is 1.93 bits per heavy atom. The zero-order valence-electron chi connectivity index (χ0n) is 24.6. The second-order valence-electron chi connectivity index (χ2n) is 11.7. The molecule has 5 aromatic carbocycles. The molecule has 0 fully saturated rings. The number of rotatable bonds is 4. The number of aryl methyl sites for hydroxylation is 1. The van der Waals surface area contributed by atoms with Gasteiger partial charge in [-0.2, -0.15) is 0 Å². The summed E-state index contributed by atoms with van der Waals surface area (Å²) in [6, 6.07) is 43.8. The van der Waals surface area contributed by atoms with Gasteiger partial charge in [0.15, 0.2) is 17.5 Å². The number of fused-ring (bicyclic) bond motifs is 7. The molecule has 0 spiro atoms. The molecule has 2 aromatic heterocycles. The van der Waals surface area contributed by atoms with E-state index in [0.29, 0.717) is 17.5 Å². The van der Waals surface area contributed by atoms with Gasteiger partial charge in [-0.15, -0.1) is 0 Å². The molecule has 45 heavy (non-hydrogen) atoms. The first-order valence-electron chi connectivity index (χ1n) is 15.3. The van der Waals surface area contributed by atoms with E-state index in [9.17, 15) is 0 Å². The molecule has 0 saturated carbocycles. The van der Waals surface area contributed by atoms with Gasteiger partial charge in [0.25, 0.3) is 0 Å². The van der Waals surface area contributed by atoms with Gasteiger partial charge in [-0.1, -0.05) is 109 Å². The van der Waals surface area contributed by atoms with E-state index >= 15 is 0 Å². The molecule has 2 atom stereocenters. The predicted molar refractivity (Wildman–Crippen MR) is 179 cm³/mol. The third-order valence-electron chi connectivity index (χ3n) is 8.84. The maximum absolute atomic E-state index is 7.06. The fraction of sp³-hybridized carbons (Fsp3) is 0.0750. The van der Waals surface area contributed by atoms with Crippen LogP contribution in [0.25, 0.3) is 56.8 Å². The van der Waals surface area contributed by atoms with Crippen molar-refractivity contribution in [2.24, 2.45) is 0 Å². The quantitative estimate of drug-likeness (QED) is 0.208. The fourth-order valence-corrected chi connectivity index (χ4v) is 6.88. The van der Waals surface area contributed by atoms with Gasteiger partial charge in [0.05, 0.1) is 16.8 Å². The summed E-state index contributed by atoms with van der Waals surface area (Å²) >= 11 is 0. The first kappa shape index (κ1) is 25.7. The predicted octanol–water partition coefficient (Wildman–Crippen LogP) is 9.37. The molecule has 0 saturated heterocycles. The summed E-state index contributed by atoms with van der Waals surface area (Å²) in [5, 5.41) is 1.21. The average Bonchev–Trinajstić information content (AvgIpc) is 3.64. The van der Waals surface area contributed by atoms with Gasteiger partial charge in [0.2, 0.25) is 0 Å². The Morgan fingerprint density at radius 1 is 0.644 bits per heavy atom. The van der Waals surface area contributed by atoms with E-state index < -0.39 is 0 Å². The van der Waals surface area contributed by atoms with Crippen LogP contribution in [-0.4, -0.2) is 19.5 Å². The molecule has 7 aromatic rings. The van der Waals surface area contributed by atoms with Gasteiger partial charge in [0, 0.05) is 39.2 Å². The molecule has 1 aliphatic heterocycles. The lowest BCUT2D eigenvalue weighted by atomic mass is 9.84. The fourth-order valence-electron chi connectivity index (χ4n) is 6.88. The maximum atomic E-state index is 7.06. The molecule has 5 nitrogen and oxygen atoms in total. The van der Waals surface area contributed by atoms with Crippen LogP contribution in [0.2, 0.25) is 0 Å². The van der Waals surface area contributed by atoms with Crippen LogP contribution in [0.3, 0.4) is 0 Å². The number of aromatic nitrogens is 4. The third kappa shape index (κ3) is 4.12. The summed E-state index contributed by atoms with van der Waals surface area (Å²) in [6.07, 6.45) is 4.41. The highest BCUT2D eigenvalue weighted by Gasteiger charge is 2.41. The van der Waals surface area contributed by atoms with Crippen LogP contribution in [0.5, 0.6) is 5.75 Å². The highest BCUT2D eigenvalue weighted by molar-refractivity contribution is 5.92. The van der Waals surface area contributed by atoms with Crippen molar-refractivity contribution < 1.29 is 4.74 Å². The molecule has 0 bridgehead atoms. The van der Waals surface area contributed by atoms with Crippen molar-refractivity contribution in [3.63, 3.8) is 0 Å². The molecule has 2 aliphatic rings. The Hall–Kier alpha value is -5.81. The van der Waals surface area contributed by atoms with E-state index in [-0.39, 0.29) is 12.0 Å². The lowest BCUT2D eigenvalue weighted by Crippen LogP contribution is -2.13. The van der Waals surface area contributed by atoms with Gasteiger partial charge >= 0.3 is 0 Å². The van der Waals surface area contributed by atoms with Crippen molar-refractivity contribution in [2.75, 3.05) is 0 Å². The van der Waals surface area contributed by atoms with E-state index in [0.717, 1.165) is 44.9 Å². The normalized spacial score (nSPS) is 16.2. The van der Waals surface area contributed by atoms with E-state index in [1.165, 1.54) is 16.5 Å². The van der Waals surface area contributed by atoms with Crippen molar-refractivity contribution in [2.45, 2.75) is 18.9 Å². The molecule has 5 heteroatoms. The first-order chi connectivity index (χ1) is 22.2. The Bertz CT molecular complexity index is 2200. The Kier molecular flexibility index (Phi) is 5.78. The number of para-hydroxylation sites is 2. The third-order valence-corrected chi connectivity index (χ3v) is 8.84. The molecule has 0 N–H and O–H groups in total. The van der Waals surface area contributed by atoms with Gasteiger partial charge in [0.1, 0.15) is 11.9 Å². The number of hydrogen-bond donors (Lipinski definition) is 0. The van der Waals surface area contributed by atoms with Crippen molar-refractivity contribution in [3.05, 3.63) is 156 Å². The number of hydrogen-bond acceptors (Lipinski definition) is 4. The zero-order valence-corrected chi connectivity index (χ0v) is 24.6. The number of nitrogens with zero attached hydrogens (tertiary/aromatic N) is 4. The van der Waals surface area contributed by atoms with Gasteiger partial charge in [-0.3, -0.25) is 0 Å². The summed E-state index contributed by atoms with van der Waals surface area (Å²) in [6.45, 7) is 2.13. The zero-order chi connectivity index (χ0) is 29.9. The maximum Gasteiger partial charge on any atom is 0.167 e. The minimum Gasteiger partial charge on any atom is -0.484 e. The molecule has 0 amide bonds. The molecular formula is C40H28N4O. The van der Waals surface area contributed by atoms with Crippen molar-refractivity contribution in [1.29, 1.82) is 0 Å². The smallest absolute Gasteiger partial charge is 0.167 e. The van der Waals surface area contributed by atoms with E-state index in [1.807, 2.05) is 60.7 Å². The topological polar surface area (TPSA) is 52.8 Å². The SMILES string of the molecule is Cc1cc(-c2nc(-c3ccccc3)nc(-c3ccccc3)n2)c2c(c1)C1C=Cc3c(c4ccccc4n3-c3ccccc3)C1O2. The highest BCUT2D eigenvalue weighted by Crippen LogP contribution is 2.55. The van der Waals surface area contributed by atoms with Gasteiger partial charge < -0.3 is 9.30 Å². The molecule has 2 unspecified atom stereocenters. The van der Waals surface area contributed by atoms with Gasteiger partial charge in [-0.25, -0.2) is 15.0 Å². The monoisotopic (exact) mass is 580 g/mol. The molecule has 214 valence electrons. The van der Waals surface area contributed by atoms with Crippen molar-refractivity contribution in [3.8, 4) is 45.6 Å². The number of ether oxygens (including phenoxy) is 1. The van der Waals surface area contributed by atoms with Crippen LogP contribution >= 0.6 is 0 Å². The Labute approximate surface area is 261 Å². The molecule has 9 rings (SSSR count).